The van der Waals surface area contributed by atoms with Gasteiger partial charge < -0.3 is 20.9 Å². The van der Waals surface area contributed by atoms with Gasteiger partial charge in [0.25, 0.3) is 0 Å². The Labute approximate surface area is 119 Å². The first-order chi connectivity index (χ1) is 9.62. The zero-order chi connectivity index (χ0) is 14.6. The van der Waals surface area contributed by atoms with E-state index in [1.165, 1.54) is 0 Å². The van der Waals surface area contributed by atoms with Crippen LogP contribution < -0.4 is 15.8 Å². The lowest BCUT2D eigenvalue weighted by atomic mass is 9.93. The van der Waals surface area contributed by atoms with Crippen LogP contribution in [0.25, 0.3) is 0 Å². The van der Waals surface area contributed by atoms with Crippen molar-refractivity contribution in [2.45, 2.75) is 31.9 Å². The highest BCUT2D eigenvalue weighted by Crippen LogP contribution is 2.40. The van der Waals surface area contributed by atoms with E-state index in [9.17, 15) is 4.79 Å². The van der Waals surface area contributed by atoms with Crippen molar-refractivity contribution in [1.29, 1.82) is 0 Å². The first-order valence-corrected chi connectivity index (χ1v) is 7.00. The molecule has 5 nitrogen and oxygen atoms in total. The maximum atomic E-state index is 11.9. The number of nitrogens with one attached hydrogen (secondary N) is 1. The molecule has 4 N–H and O–H groups in total. The minimum atomic E-state index is -0.788. The summed E-state index contributed by atoms with van der Waals surface area (Å²) in [5, 5.41) is 12.3. The van der Waals surface area contributed by atoms with Gasteiger partial charge in [0.2, 0.25) is 5.91 Å². The normalized spacial score (nSPS) is 17.5. The monoisotopic (exact) mass is 278 g/mol. The smallest absolute Gasteiger partial charge is 0.241 e. The topological polar surface area (TPSA) is 84.6 Å². The fourth-order valence-corrected chi connectivity index (χ4v) is 2.50. The Hall–Kier alpha value is -1.59. The zero-order valence-corrected chi connectivity index (χ0v) is 11.8. The highest BCUT2D eigenvalue weighted by molar-refractivity contribution is 5.85. The summed E-state index contributed by atoms with van der Waals surface area (Å²) in [4.78, 5) is 11.9. The first-order valence-electron chi connectivity index (χ1n) is 7.00. The lowest BCUT2D eigenvalue weighted by Crippen LogP contribution is -2.61. The van der Waals surface area contributed by atoms with Gasteiger partial charge in [-0.05, 0) is 43.0 Å². The minimum Gasteiger partial charge on any atom is -0.491 e. The van der Waals surface area contributed by atoms with E-state index in [0.717, 1.165) is 18.4 Å². The summed E-state index contributed by atoms with van der Waals surface area (Å²) in [5.41, 5.74) is 5.59. The molecule has 1 amide bonds. The number of rotatable bonds is 8. The lowest BCUT2D eigenvalue weighted by Gasteiger charge is -2.31. The van der Waals surface area contributed by atoms with Crippen LogP contribution in [0.15, 0.2) is 24.3 Å². The number of hydrogen-bond donors (Lipinski definition) is 3. The number of aliphatic hydroxyl groups excluding tert-OH is 1. The Morgan fingerprint density at radius 3 is 2.85 bits per heavy atom. The van der Waals surface area contributed by atoms with Gasteiger partial charge in [-0.25, -0.2) is 0 Å². The molecule has 5 heteroatoms. The Balaban J connectivity index is 2.09. The van der Waals surface area contributed by atoms with Crippen LogP contribution in [0.4, 0.5) is 0 Å². The van der Waals surface area contributed by atoms with Gasteiger partial charge in [0, 0.05) is 0 Å². The van der Waals surface area contributed by atoms with Gasteiger partial charge in [-0.3, -0.25) is 4.79 Å². The highest BCUT2D eigenvalue weighted by Gasteiger charge is 2.50. The zero-order valence-electron chi connectivity index (χ0n) is 11.8. The molecule has 0 bridgehead atoms. The predicted molar refractivity (Wildman–Crippen MR) is 76.2 cm³/mol. The summed E-state index contributed by atoms with van der Waals surface area (Å²) in [6, 6.07) is 7.21. The Morgan fingerprint density at radius 2 is 2.30 bits per heavy atom. The maximum absolute atomic E-state index is 11.9. The van der Waals surface area contributed by atoms with Crippen LogP contribution >= 0.6 is 0 Å². The molecule has 0 heterocycles. The molecule has 0 aliphatic heterocycles. The van der Waals surface area contributed by atoms with Gasteiger partial charge in [-0.2, -0.15) is 0 Å². The number of hydrogen-bond acceptors (Lipinski definition) is 4. The van der Waals surface area contributed by atoms with Gasteiger partial charge >= 0.3 is 0 Å². The number of carbonyl (C=O) groups excluding carboxylic acids is 1. The van der Waals surface area contributed by atoms with E-state index in [1.54, 1.807) is 6.07 Å². The number of carbonyl (C=O) groups is 1. The fourth-order valence-electron chi connectivity index (χ4n) is 2.50. The number of aliphatic hydroxyl groups is 1. The van der Waals surface area contributed by atoms with Gasteiger partial charge in [-0.1, -0.05) is 19.1 Å². The molecule has 1 atom stereocenters. The largest absolute Gasteiger partial charge is 0.491 e. The third kappa shape index (κ3) is 3.11. The number of likely N-dealkylation sites (N-methyl/N-ethyl adjacent to an activating group) is 1. The quantitative estimate of drug-likeness (QED) is 0.656. The molecule has 1 unspecified atom stereocenters. The Kier molecular flexibility index (Phi) is 4.62. The molecule has 1 aromatic carbocycles. The van der Waals surface area contributed by atoms with Crippen LogP contribution in [-0.4, -0.2) is 29.7 Å². The average molecular weight is 278 g/mol. The van der Waals surface area contributed by atoms with Gasteiger partial charge in [-0.15, -0.1) is 0 Å². The second-order valence-corrected chi connectivity index (χ2v) is 5.23. The molecule has 1 fully saturated rings. The van der Waals surface area contributed by atoms with Crippen molar-refractivity contribution in [3.8, 4) is 5.75 Å². The molecular weight excluding hydrogens is 256 g/mol. The van der Waals surface area contributed by atoms with Crippen molar-refractivity contribution in [2.75, 3.05) is 13.2 Å². The van der Waals surface area contributed by atoms with E-state index in [1.807, 2.05) is 25.1 Å². The molecule has 0 aromatic heterocycles. The van der Waals surface area contributed by atoms with Crippen molar-refractivity contribution < 1.29 is 14.6 Å². The molecular formula is C15H22N2O3. The first kappa shape index (κ1) is 14.8. The molecule has 1 saturated carbocycles. The van der Waals surface area contributed by atoms with Crippen LogP contribution in [0, 0.1) is 5.92 Å². The van der Waals surface area contributed by atoms with Crippen LogP contribution in [0.1, 0.15) is 25.3 Å². The van der Waals surface area contributed by atoms with Crippen molar-refractivity contribution in [1.82, 2.24) is 5.32 Å². The molecule has 2 rings (SSSR count). The molecule has 20 heavy (non-hydrogen) atoms. The van der Waals surface area contributed by atoms with E-state index >= 15 is 0 Å². The molecule has 1 aliphatic rings. The predicted octanol–water partition coefficient (Wildman–Crippen LogP) is 0.801. The van der Waals surface area contributed by atoms with E-state index in [4.69, 9.17) is 15.6 Å². The summed E-state index contributed by atoms with van der Waals surface area (Å²) in [6.07, 6.45) is 1.99. The second-order valence-electron chi connectivity index (χ2n) is 5.23. The van der Waals surface area contributed by atoms with Crippen LogP contribution in [0.2, 0.25) is 0 Å². The molecule has 1 aliphatic carbocycles. The summed E-state index contributed by atoms with van der Waals surface area (Å²) >= 11 is 0. The second kappa shape index (κ2) is 6.24. The summed E-state index contributed by atoms with van der Waals surface area (Å²) in [6.45, 7) is 2.80. The minimum absolute atomic E-state index is 0.0337. The number of primary amides is 1. The van der Waals surface area contributed by atoms with Crippen molar-refractivity contribution in [2.24, 2.45) is 11.7 Å². The van der Waals surface area contributed by atoms with Crippen LogP contribution in [0.5, 0.6) is 5.75 Å². The molecule has 0 saturated heterocycles. The van der Waals surface area contributed by atoms with Crippen molar-refractivity contribution >= 4 is 5.91 Å². The summed E-state index contributed by atoms with van der Waals surface area (Å²) < 4.78 is 5.75. The van der Waals surface area contributed by atoms with E-state index < -0.39 is 5.54 Å². The third-order valence-corrected chi connectivity index (χ3v) is 3.75. The number of nitrogens with two attached hydrogens (primary N) is 1. The average Bonchev–Trinajstić information content (AvgIpc) is 3.28. The van der Waals surface area contributed by atoms with E-state index in [0.29, 0.717) is 12.3 Å². The van der Waals surface area contributed by atoms with Gasteiger partial charge in [0.15, 0.2) is 0 Å². The van der Waals surface area contributed by atoms with E-state index in [-0.39, 0.29) is 25.0 Å². The Morgan fingerprint density at radius 1 is 1.55 bits per heavy atom. The van der Waals surface area contributed by atoms with E-state index in [2.05, 4.69) is 5.32 Å². The van der Waals surface area contributed by atoms with Crippen LogP contribution in [-0.2, 0) is 11.4 Å². The van der Waals surface area contributed by atoms with Crippen molar-refractivity contribution in [3.05, 3.63) is 29.8 Å². The SMILES string of the molecule is CCNC(COc1cccc(CO)c1)(C(N)=O)C1CC1. The number of benzene rings is 1. The highest BCUT2D eigenvalue weighted by atomic mass is 16.5. The van der Waals surface area contributed by atoms with Crippen LogP contribution in [0.3, 0.4) is 0 Å². The number of ether oxygens (including phenoxy) is 1. The maximum Gasteiger partial charge on any atom is 0.241 e. The van der Waals surface area contributed by atoms with Gasteiger partial charge in [0.05, 0.1) is 6.61 Å². The molecule has 0 radical (unpaired) electrons. The van der Waals surface area contributed by atoms with Crippen molar-refractivity contribution in [3.63, 3.8) is 0 Å². The fraction of sp³-hybridized carbons (Fsp3) is 0.533. The summed E-state index contributed by atoms with van der Waals surface area (Å²) in [5.74, 6) is 0.530. The van der Waals surface area contributed by atoms with Gasteiger partial charge in [0.1, 0.15) is 17.9 Å². The molecule has 110 valence electrons. The third-order valence-electron chi connectivity index (χ3n) is 3.75. The number of amides is 1. The molecule has 1 aromatic rings. The molecule has 0 spiro atoms. The summed E-state index contributed by atoms with van der Waals surface area (Å²) in [7, 11) is 0. The standard InChI is InChI=1S/C15H22N2O3/c1-2-17-15(14(16)19,12-6-7-12)10-20-13-5-3-4-11(8-13)9-18/h3-5,8,12,17-18H,2,6-7,9-10H2,1H3,(H2,16,19). The lowest BCUT2D eigenvalue weighted by molar-refractivity contribution is -0.126. The Bertz CT molecular complexity index is 474.